The van der Waals surface area contributed by atoms with Crippen LogP contribution in [0.1, 0.15) is 6.92 Å². The Balaban J connectivity index is 0. The second kappa shape index (κ2) is 11.0. The van der Waals surface area contributed by atoms with E-state index in [-0.39, 0.29) is 0 Å². The summed E-state index contributed by atoms with van der Waals surface area (Å²) in [6.07, 6.45) is 4.01. The van der Waals surface area contributed by atoms with Gasteiger partial charge >= 0.3 is 0 Å². The summed E-state index contributed by atoms with van der Waals surface area (Å²) >= 11 is 0. The quantitative estimate of drug-likeness (QED) is 0.517. The number of hydrogen-bond acceptors (Lipinski definition) is 2. The average molecular weight is 182 g/mol. The second-order valence-electron chi connectivity index (χ2n) is 2.52. The molecule has 76 valence electrons. The number of hydrogen-bond donors (Lipinski definition) is 1. The summed E-state index contributed by atoms with van der Waals surface area (Å²) in [5.41, 5.74) is 1.06. The van der Waals surface area contributed by atoms with Gasteiger partial charge in [-0.2, -0.15) is 0 Å². The highest BCUT2D eigenvalue weighted by atomic mass is 15.1. The average Bonchev–Trinajstić information content (AvgIpc) is 2.17. The third-order valence-corrected chi connectivity index (χ3v) is 1.55. The minimum Gasteiger partial charge on any atom is -0.374 e. The maximum Gasteiger partial charge on any atom is 0.0299 e. The normalized spacial score (nSPS) is 9.15. The highest BCUT2D eigenvalue weighted by molar-refractivity contribution is 5.11. The molecule has 0 rings (SSSR count). The molecule has 0 aliphatic carbocycles. The Labute approximate surface area is 82.6 Å². The predicted molar refractivity (Wildman–Crippen MR) is 61.8 cm³/mol. The third kappa shape index (κ3) is 8.89. The van der Waals surface area contributed by atoms with Gasteiger partial charge in [0, 0.05) is 25.8 Å². The van der Waals surface area contributed by atoms with Crippen molar-refractivity contribution in [2.24, 2.45) is 0 Å². The third-order valence-electron chi connectivity index (χ3n) is 1.55. The summed E-state index contributed by atoms with van der Waals surface area (Å²) in [7, 11) is 3.99. The lowest BCUT2D eigenvalue weighted by Crippen LogP contribution is -2.25. The highest BCUT2D eigenvalue weighted by Gasteiger charge is 1.95. The van der Waals surface area contributed by atoms with Crippen molar-refractivity contribution in [3.63, 3.8) is 0 Å². The molecule has 0 fully saturated rings. The molecule has 0 aromatic carbocycles. The Morgan fingerprint density at radius 2 is 2.00 bits per heavy atom. The number of nitrogens with zero attached hydrogens (tertiary/aromatic N) is 1. The molecule has 0 amide bonds. The lowest BCUT2D eigenvalue weighted by molar-refractivity contribution is 0.429. The predicted octanol–water partition coefficient (Wildman–Crippen LogP) is 2.03. The van der Waals surface area contributed by atoms with Crippen LogP contribution in [0.2, 0.25) is 0 Å². The maximum absolute atomic E-state index is 3.91. The fourth-order valence-electron chi connectivity index (χ4n) is 0.743. The van der Waals surface area contributed by atoms with Crippen LogP contribution in [-0.4, -0.2) is 32.1 Å². The van der Waals surface area contributed by atoms with Crippen molar-refractivity contribution in [2.75, 3.05) is 27.2 Å². The molecule has 1 N–H and O–H groups in total. The topological polar surface area (TPSA) is 15.3 Å². The summed E-state index contributed by atoms with van der Waals surface area (Å²) in [6, 6.07) is 0. The van der Waals surface area contributed by atoms with Gasteiger partial charge in [-0.3, -0.25) is 0 Å². The van der Waals surface area contributed by atoms with E-state index >= 15 is 0 Å². The molecule has 0 aromatic rings. The van der Waals surface area contributed by atoms with Crippen LogP contribution in [0, 0.1) is 0 Å². The van der Waals surface area contributed by atoms with Crippen LogP contribution in [0.15, 0.2) is 37.6 Å². The van der Waals surface area contributed by atoms with Crippen molar-refractivity contribution in [2.45, 2.75) is 6.92 Å². The molecule has 0 radical (unpaired) electrons. The molecule has 2 heteroatoms. The number of allylic oxidation sites excluding steroid dienone is 2. The number of likely N-dealkylation sites (N-methyl/N-ethyl adjacent to an activating group) is 2. The number of rotatable bonds is 5. The van der Waals surface area contributed by atoms with Gasteiger partial charge in [0.15, 0.2) is 0 Å². The van der Waals surface area contributed by atoms with Gasteiger partial charge in [0.1, 0.15) is 0 Å². The van der Waals surface area contributed by atoms with E-state index in [0.717, 1.165) is 18.8 Å². The van der Waals surface area contributed by atoms with E-state index in [1.165, 1.54) is 0 Å². The molecular formula is C11H22N2. The van der Waals surface area contributed by atoms with Gasteiger partial charge in [-0.05, 0) is 20.0 Å². The standard InChI is InChI=1S/C9H18N2.C2H4/c1-5-6-9(2)11(4)8-7-10-3;1-2/h5-6,10H,2,7-8H2,1,3-4H3;1-2H2/b6-5-;. The lowest BCUT2D eigenvalue weighted by Gasteiger charge is -2.18. The van der Waals surface area contributed by atoms with Crippen LogP contribution in [0.3, 0.4) is 0 Å². The molecule has 0 aliphatic heterocycles. The van der Waals surface area contributed by atoms with Crippen LogP contribution in [0.25, 0.3) is 0 Å². The molecule has 0 aromatic heterocycles. The SMILES string of the molecule is C=C.C=C(/C=C\C)N(C)CCNC. The van der Waals surface area contributed by atoms with Crippen molar-refractivity contribution in [1.29, 1.82) is 0 Å². The molecule has 0 unspecified atom stereocenters. The van der Waals surface area contributed by atoms with Gasteiger partial charge in [-0.25, -0.2) is 0 Å². The second-order valence-corrected chi connectivity index (χ2v) is 2.52. The molecule has 0 aliphatic rings. The Morgan fingerprint density at radius 3 is 2.38 bits per heavy atom. The van der Waals surface area contributed by atoms with Crippen molar-refractivity contribution >= 4 is 0 Å². The van der Waals surface area contributed by atoms with Crippen molar-refractivity contribution < 1.29 is 0 Å². The smallest absolute Gasteiger partial charge is 0.0299 e. The molecule has 2 nitrogen and oxygen atoms in total. The van der Waals surface area contributed by atoms with Gasteiger partial charge in [-0.1, -0.05) is 12.7 Å². The van der Waals surface area contributed by atoms with Crippen LogP contribution >= 0.6 is 0 Å². The maximum atomic E-state index is 3.91. The summed E-state index contributed by atoms with van der Waals surface area (Å²) < 4.78 is 0. The van der Waals surface area contributed by atoms with Crippen LogP contribution in [0.5, 0.6) is 0 Å². The Bertz CT molecular complexity index is 150. The van der Waals surface area contributed by atoms with E-state index < -0.39 is 0 Å². The van der Waals surface area contributed by atoms with Gasteiger partial charge in [0.25, 0.3) is 0 Å². The van der Waals surface area contributed by atoms with E-state index in [1.807, 2.05) is 33.2 Å². The summed E-state index contributed by atoms with van der Waals surface area (Å²) in [5.74, 6) is 0. The summed E-state index contributed by atoms with van der Waals surface area (Å²) in [6.45, 7) is 13.9. The largest absolute Gasteiger partial charge is 0.374 e. The first-order valence-corrected chi connectivity index (χ1v) is 4.39. The van der Waals surface area contributed by atoms with Crippen molar-refractivity contribution in [3.05, 3.63) is 37.6 Å². The van der Waals surface area contributed by atoms with E-state index in [1.54, 1.807) is 0 Å². The number of nitrogens with one attached hydrogen (secondary N) is 1. The van der Waals surface area contributed by atoms with Crippen LogP contribution in [0.4, 0.5) is 0 Å². The molecule has 0 saturated heterocycles. The molecule has 0 spiro atoms. The molecule has 13 heavy (non-hydrogen) atoms. The summed E-state index contributed by atoms with van der Waals surface area (Å²) in [5, 5.41) is 3.09. The van der Waals surface area contributed by atoms with Crippen molar-refractivity contribution in [1.82, 2.24) is 10.2 Å². The zero-order valence-electron chi connectivity index (χ0n) is 9.14. The fraction of sp³-hybridized carbons (Fsp3) is 0.455. The molecular weight excluding hydrogens is 160 g/mol. The lowest BCUT2D eigenvalue weighted by atomic mass is 10.4. The van der Waals surface area contributed by atoms with Crippen molar-refractivity contribution in [3.8, 4) is 0 Å². The van der Waals surface area contributed by atoms with E-state index in [2.05, 4.69) is 30.0 Å². The van der Waals surface area contributed by atoms with Gasteiger partial charge in [-0.15, -0.1) is 13.2 Å². The zero-order valence-corrected chi connectivity index (χ0v) is 9.14. The first kappa shape index (κ1) is 14.5. The van der Waals surface area contributed by atoms with Gasteiger partial charge in [0.2, 0.25) is 0 Å². The summed E-state index contributed by atoms with van der Waals surface area (Å²) in [4.78, 5) is 2.12. The fourth-order valence-corrected chi connectivity index (χ4v) is 0.743. The highest BCUT2D eigenvalue weighted by Crippen LogP contribution is 1.97. The molecule has 0 saturated carbocycles. The van der Waals surface area contributed by atoms with E-state index in [9.17, 15) is 0 Å². The molecule has 0 bridgehead atoms. The minimum atomic E-state index is 0.993. The Hall–Kier alpha value is -1.02. The zero-order chi connectivity index (χ0) is 10.7. The van der Waals surface area contributed by atoms with E-state index in [0.29, 0.717) is 0 Å². The van der Waals surface area contributed by atoms with Gasteiger partial charge in [0.05, 0.1) is 0 Å². The first-order chi connectivity index (χ1) is 6.22. The Morgan fingerprint density at radius 1 is 1.46 bits per heavy atom. The van der Waals surface area contributed by atoms with Gasteiger partial charge < -0.3 is 10.2 Å². The molecule has 0 atom stereocenters. The molecule has 0 heterocycles. The van der Waals surface area contributed by atoms with Crippen LogP contribution in [-0.2, 0) is 0 Å². The first-order valence-electron chi connectivity index (χ1n) is 4.39. The van der Waals surface area contributed by atoms with Crippen LogP contribution < -0.4 is 5.32 Å². The van der Waals surface area contributed by atoms with E-state index in [4.69, 9.17) is 0 Å². The Kier molecular flexibility index (Phi) is 12.2. The monoisotopic (exact) mass is 182 g/mol. The minimum absolute atomic E-state index is 0.993.